The number of hydrogen-bond donors (Lipinski definition) is 0. The van der Waals surface area contributed by atoms with Crippen molar-refractivity contribution in [3.8, 4) is 5.75 Å². The maximum atomic E-state index is 6.14. The van der Waals surface area contributed by atoms with E-state index < -0.39 is 13.5 Å². The van der Waals surface area contributed by atoms with Crippen LogP contribution in [0.15, 0.2) is 40.7 Å². The highest BCUT2D eigenvalue weighted by Gasteiger charge is 2.48. The summed E-state index contributed by atoms with van der Waals surface area (Å²) in [6.45, 7) is 16.1. The Kier molecular flexibility index (Phi) is 5.98. The van der Waals surface area contributed by atoms with Crippen molar-refractivity contribution in [2.45, 2.75) is 70.6 Å². The minimum Gasteiger partial charge on any atom is -0.500 e. The lowest BCUT2D eigenvalue weighted by Gasteiger charge is -2.38. The van der Waals surface area contributed by atoms with Gasteiger partial charge in [-0.05, 0) is 62.9 Å². The Labute approximate surface area is 183 Å². The van der Waals surface area contributed by atoms with Crippen LogP contribution in [0.2, 0.25) is 19.6 Å². The molecule has 0 N–H and O–H groups in total. The summed E-state index contributed by atoms with van der Waals surface area (Å²) in [7, 11) is 2.23. The number of aryl methyl sites for hydroxylation is 1. The predicted octanol–water partition coefficient (Wildman–Crippen LogP) is 5.92. The van der Waals surface area contributed by atoms with Gasteiger partial charge in [-0.15, -0.1) is 0 Å². The van der Waals surface area contributed by atoms with Crippen LogP contribution >= 0.6 is 0 Å². The van der Waals surface area contributed by atoms with Gasteiger partial charge in [0.15, 0.2) is 0 Å². The van der Waals surface area contributed by atoms with Crippen molar-refractivity contribution >= 4 is 14.0 Å². The van der Waals surface area contributed by atoms with Gasteiger partial charge in [0.1, 0.15) is 23.5 Å². The van der Waals surface area contributed by atoms with Gasteiger partial charge in [0.25, 0.3) is 0 Å². The van der Waals surface area contributed by atoms with E-state index in [2.05, 4.69) is 77.3 Å². The van der Waals surface area contributed by atoms with Crippen LogP contribution < -0.4 is 4.74 Å². The summed E-state index contributed by atoms with van der Waals surface area (Å²) in [5.74, 6) is 2.74. The first-order valence-corrected chi connectivity index (χ1v) is 14.3. The topological polar surface area (TPSA) is 40.0 Å². The fourth-order valence-electron chi connectivity index (χ4n) is 4.34. The van der Waals surface area contributed by atoms with E-state index in [9.17, 15) is 0 Å². The minimum absolute atomic E-state index is 0.233. The summed E-state index contributed by atoms with van der Waals surface area (Å²) in [5, 5.41) is 0. The molecule has 0 fully saturated rings. The number of fused-ring (bicyclic) bond motifs is 1. The summed E-state index contributed by atoms with van der Waals surface area (Å²) < 4.78 is 17.8. The van der Waals surface area contributed by atoms with E-state index in [1.807, 2.05) is 0 Å². The van der Waals surface area contributed by atoms with Crippen LogP contribution in [0, 0.1) is 6.92 Å². The second kappa shape index (κ2) is 7.91. The van der Waals surface area contributed by atoms with Gasteiger partial charge in [-0.2, -0.15) is 0 Å². The first-order chi connectivity index (χ1) is 13.9. The smallest absolute Gasteiger partial charge is 0.202 e. The quantitative estimate of drug-likeness (QED) is 0.529. The molecule has 1 aliphatic carbocycles. The zero-order valence-corrected chi connectivity index (χ0v) is 21.1. The van der Waals surface area contributed by atoms with Gasteiger partial charge < -0.3 is 14.2 Å². The number of hydrogen-bond acceptors (Lipinski definition) is 4. The molecule has 5 heteroatoms. The molecule has 4 nitrogen and oxygen atoms in total. The van der Waals surface area contributed by atoms with E-state index >= 15 is 0 Å². The third kappa shape index (κ3) is 4.22. The minimum atomic E-state index is -1.24. The van der Waals surface area contributed by atoms with Crippen molar-refractivity contribution in [3.63, 3.8) is 0 Å². The molecule has 0 aromatic heterocycles. The monoisotopic (exact) mass is 427 g/mol. The van der Waals surface area contributed by atoms with Crippen molar-refractivity contribution < 1.29 is 14.2 Å². The lowest BCUT2D eigenvalue weighted by Crippen LogP contribution is -2.39. The Morgan fingerprint density at radius 1 is 1.17 bits per heavy atom. The molecule has 0 saturated carbocycles. The van der Waals surface area contributed by atoms with Crippen LogP contribution in [0.4, 0.5) is 0 Å². The fraction of sp³-hybridized carbons (Fsp3) is 0.560. The van der Waals surface area contributed by atoms with Crippen molar-refractivity contribution in [2.24, 2.45) is 4.99 Å². The predicted molar refractivity (Wildman–Crippen MR) is 127 cm³/mol. The Morgan fingerprint density at radius 2 is 1.87 bits per heavy atom. The lowest BCUT2D eigenvalue weighted by molar-refractivity contribution is 0.217. The van der Waals surface area contributed by atoms with Gasteiger partial charge in [0.2, 0.25) is 5.90 Å². The zero-order chi connectivity index (χ0) is 22.3. The normalized spacial score (nSPS) is 25.4. The molecule has 0 radical (unpaired) electrons. The number of methoxy groups -OCH3 is 2. The Balaban J connectivity index is 2.17. The summed E-state index contributed by atoms with van der Waals surface area (Å²) in [5.41, 5.74) is 5.21. The molecule has 1 aromatic carbocycles. The number of ether oxygens (including phenoxy) is 3. The number of nitrogens with zero attached hydrogens (tertiary/aromatic N) is 1. The summed E-state index contributed by atoms with van der Waals surface area (Å²) in [6.07, 6.45) is 5.56. The van der Waals surface area contributed by atoms with Gasteiger partial charge in [-0.1, -0.05) is 37.5 Å². The van der Waals surface area contributed by atoms with Crippen molar-refractivity contribution in [1.29, 1.82) is 0 Å². The van der Waals surface area contributed by atoms with E-state index in [0.29, 0.717) is 6.61 Å². The Morgan fingerprint density at radius 3 is 2.40 bits per heavy atom. The first-order valence-electron chi connectivity index (χ1n) is 10.8. The highest BCUT2D eigenvalue weighted by atomic mass is 28.3. The van der Waals surface area contributed by atoms with Crippen LogP contribution in [0.3, 0.4) is 0 Å². The first kappa shape index (κ1) is 22.7. The number of benzene rings is 1. The standard InChI is InChI=1S/C25H37NO3Si/c1-17-13-19-18(11-10-12-30(7,8)9)14-22(28-6)25(4,20(19)15-21(17)27-5)23-26-24(2,3)16-29-23/h10,12-15,18H,11,16H2,1-9H3/b12-10+. The summed E-state index contributed by atoms with van der Waals surface area (Å²) >= 11 is 0. The fourth-order valence-corrected chi connectivity index (χ4v) is 5.18. The largest absolute Gasteiger partial charge is 0.500 e. The highest BCUT2D eigenvalue weighted by molar-refractivity contribution is 6.80. The third-order valence-corrected chi connectivity index (χ3v) is 7.21. The molecule has 0 spiro atoms. The number of aliphatic imine (C=N–C) groups is 1. The van der Waals surface area contributed by atoms with E-state index in [4.69, 9.17) is 19.2 Å². The molecule has 1 aromatic rings. The van der Waals surface area contributed by atoms with Crippen LogP contribution in [0.1, 0.15) is 49.8 Å². The maximum absolute atomic E-state index is 6.14. The molecule has 2 unspecified atom stereocenters. The van der Waals surface area contributed by atoms with Crippen molar-refractivity contribution in [3.05, 3.63) is 52.4 Å². The van der Waals surface area contributed by atoms with Gasteiger partial charge in [-0.25, -0.2) is 4.99 Å². The van der Waals surface area contributed by atoms with Crippen LogP contribution in [0.5, 0.6) is 5.75 Å². The van der Waals surface area contributed by atoms with Crippen LogP contribution in [-0.4, -0.2) is 40.3 Å². The molecule has 3 rings (SSSR count). The lowest BCUT2D eigenvalue weighted by atomic mass is 9.69. The highest BCUT2D eigenvalue weighted by Crippen LogP contribution is 2.48. The van der Waals surface area contributed by atoms with E-state index in [1.54, 1.807) is 14.2 Å². The molecule has 0 amide bonds. The number of rotatable bonds is 6. The van der Waals surface area contributed by atoms with E-state index in [0.717, 1.165) is 35.0 Å². The number of allylic oxidation sites excluding steroid dienone is 2. The van der Waals surface area contributed by atoms with Gasteiger partial charge in [0, 0.05) is 5.92 Å². The second-order valence-electron chi connectivity index (χ2n) is 10.4. The molecule has 0 bridgehead atoms. The molecule has 30 heavy (non-hydrogen) atoms. The third-order valence-electron chi connectivity index (χ3n) is 5.97. The molecular weight excluding hydrogens is 390 g/mol. The summed E-state index contributed by atoms with van der Waals surface area (Å²) in [6, 6.07) is 4.42. The van der Waals surface area contributed by atoms with Crippen molar-refractivity contribution in [2.75, 3.05) is 20.8 Å². The van der Waals surface area contributed by atoms with Crippen LogP contribution in [0.25, 0.3) is 0 Å². The molecule has 2 aliphatic rings. The molecule has 2 atom stereocenters. The van der Waals surface area contributed by atoms with Gasteiger partial charge in [-0.3, -0.25) is 0 Å². The van der Waals surface area contributed by atoms with E-state index in [1.165, 1.54) is 5.56 Å². The SMILES string of the molecule is COC1=CC(C/C=C/[Si](C)(C)C)c2cc(C)c(OC)cc2C1(C)C1=NC(C)(C)CO1. The summed E-state index contributed by atoms with van der Waals surface area (Å²) in [4.78, 5) is 4.93. The average Bonchev–Trinajstić information content (AvgIpc) is 3.02. The average molecular weight is 428 g/mol. The van der Waals surface area contributed by atoms with E-state index in [-0.39, 0.29) is 11.5 Å². The molecule has 0 saturated heterocycles. The Hall–Kier alpha value is -2.01. The zero-order valence-electron chi connectivity index (χ0n) is 20.1. The molecule has 1 aliphatic heterocycles. The second-order valence-corrected chi connectivity index (χ2v) is 15.5. The van der Waals surface area contributed by atoms with Gasteiger partial charge in [0.05, 0.1) is 27.8 Å². The Bertz CT molecular complexity index is 908. The van der Waals surface area contributed by atoms with Crippen LogP contribution in [-0.2, 0) is 14.9 Å². The molecular formula is C25H37NO3Si. The molecule has 164 valence electrons. The van der Waals surface area contributed by atoms with Gasteiger partial charge >= 0.3 is 0 Å². The maximum Gasteiger partial charge on any atom is 0.202 e. The molecule has 1 heterocycles. The van der Waals surface area contributed by atoms with Crippen molar-refractivity contribution in [1.82, 2.24) is 0 Å².